The van der Waals surface area contributed by atoms with Gasteiger partial charge < -0.3 is 15.7 Å². The van der Waals surface area contributed by atoms with E-state index in [9.17, 15) is 14.4 Å². The van der Waals surface area contributed by atoms with E-state index in [1.165, 1.54) is 0 Å². The Balaban J connectivity index is 2.45. The second-order valence-corrected chi connectivity index (χ2v) is 4.28. The number of nitrogens with one attached hydrogen (secondary N) is 3. The Hall–Kier alpha value is -1.63. The number of hydrogen-bond donors (Lipinski definition) is 4. The molecule has 0 aliphatic carbocycles. The van der Waals surface area contributed by atoms with Crippen molar-refractivity contribution in [2.45, 2.75) is 38.3 Å². The Labute approximate surface area is 105 Å². The highest BCUT2D eigenvalue weighted by Crippen LogP contribution is 2.01. The molecule has 18 heavy (non-hydrogen) atoms. The average molecular weight is 257 g/mol. The molecule has 7 heteroatoms. The maximum atomic E-state index is 11.8. The summed E-state index contributed by atoms with van der Waals surface area (Å²) in [4.78, 5) is 33.7. The van der Waals surface area contributed by atoms with Crippen molar-refractivity contribution >= 4 is 17.8 Å². The van der Waals surface area contributed by atoms with Crippen molar-refractivity contribution in [3.8, 4) is 0 Å². The lowest BCUT2D eigenvalue weighted by Crippen LogP contribution is -2.59. The fourth-order valence-corrected chi connectivity index (χ4v) is 1.69. The number of carbonyl (C=O) groups excluding carboxylic acids is 2. The van der Waals surface area contributed by atoms with Crippen molar-refractivity contribution in [1.29, 1.82) is 0 Å². The molecule has 2 amide bonds. The van der Waals surface area contributed by atoms with Crippen LogP contribution in [-0.2, 0) is 14.4 Å². The molecule has 1 aliphatic heterocycles. The third kappa shape index (κ3) is 4.33. The lowest BCUT2D eigenvalue weighted by molar-refractivity contribution is -0.142. The van der Waals surface area contributed by atoms with E-state index in [4.69, 9.17) is 5.11 Å². The van der Waals surface area contributed by atoms with E-state index in [1.54, 1.807) is 0 Å². The van der Waals surface area contributed by atoms with E-state index in [1.807, 2.05) is 6.92 Å². The topological polar surface area (TPSA) is 108 Å². The Morgan fingerprint density at radius 3 is 2.78 bits per heavy atom. The van der Waals surface area contributed by atoms with Crippen molar-refractivity contribution in [2.24, 2.45) is 0 Å². The van der Waals surface area contributed by atoms with Gasteiger partial charge in [-0.1, -0.05) is 19.8 Å². The molecular formula is C11H19N3O4. The molecule has 1 rings (SSSR count). The summed E-state index contributed by atoms with van der Waals surface area (Å²) in [5.74, 6) is -1.59. The summed E-state index contributed by atoms with van der Waals surface area (Å²) >= 11 is 0. The van der Waals surface area contributed by atoms with Crippen LogP contribution in [0.25, 0.3) is 0 Å². The standard InChI is InChI=1S/C11H19N3O4/c1-2-3-4-7(11(17)18)14-10(16)8-5-13-9(15)6-12-8/h7-8,12H,2-6H2,1H3,(H,13,15)(H,14,16)(H,17,18)/t7-,8?/m0/s1. The van der Waals surface area contributed by atoms with Crippen LogP contribution >= 0.6 is 0 Å². The SMILES string of the molecule is CCCC[C@H](NC(=O)C1CNC(=O)CN1)C(=O)O. The fourth-order valence-electron chi connectivity index (χ4n) is 1.69. The summed E-state index contributed by atoms with van der Waals surface area (Å²) in [7, 11) is 0. The highest BCUT2D eigenvalue weighted by molar-refractivity contribution is 5.89. The zero-order chi connectivity index (χ0) is 13.5. The molecule has 1 unspecified atom stereocenters. The summed E-state index contributed by atoms with van der Waals surface area (Å²) < 4.78 is 0. The predicted molar refractivity (Wildman–Crippen MR) is 63.9 cm³/mol. The zero-order valence-corrected chi connectivity index (χ0v) is 10.4. The number of piperazine rings is 1. The van der Waals surface area contributed by atoms with E-state index in [0.717, 1.165) is 12.8 Å². The first-order valence-electron chi connectivity index (χ1n) is 6.07. The van der Waals surface area contributed by atoms with Crippen molar-refractivity contribution < 1.29 is 19.5 Å². The third-order valence-electron chi connectivity index (χ3n) is 2.79. The van der Waals surface area contributed by atoms with Gasteiger partial charge in [0, 0.05) is 6.54 Å². The summed E-state index contributed by atoms with van der Waals surface area (Å²) in [5.41, 5.74) is 0. The minimum atomic E-state index is -1.03. The number of carboxylic acids is 1. The lowest BCUT2D eigenvalue weighted by atomic mass is 10.1. The van der Waals surface area contributed by atoms with Gasteiger partial charge in [-0.05, 0) is 6.42 Å². The van der Waals surface area contributed by atoms with Gasteiger partial charge in [0.15, 0.2) is 0 Å². The van der Waals surface area contributed by atoms with E-state index >= 15 is 0 Å². The number of amides is 2. The quantitative estimate of drug-likeness (QED) is 0.480. The monoisotopic (exact) mass is 257 g/mol. The number of hydrogen-bond acceptors (Lipinski definition) is 4. The summed E-state index contributed by atoms with van der Waals surface area (Å²) in [6, 6.07) is -1.43. The van der Waals surface area contributed by atoms with Gasteiger partial charge in [0.2, 0.25) is 11.8 Å². The Bertz CT molecular complexity index is 322. The molecule has 1 saturated heterocycles. The molecule has 4 N–H and O–H groups in total. The van der Waals surface area contributed by atoms with Crippen LogP contribution in [0.15, 0.2) is 0 Å². The van der Waals surface area contributed by atoms with E-state index < -0.39 is 24.0 Å². The maximum Gasteiger partial charge on any atom is 0.326 e. The second-order valence-electron chi connectivity index (χ2n) is 4.28. The summed E-state index contributed by atoms with van der Waals surface area (Å²) in [5, 5.41) is 16.8. The number of carboxylic acid groups (broad SMARTS) is 1. The van der Waals surface area contributed by atoms with Crippen molar-refractivity contribution in [3.63, 3.8) is 0 Å². The van der Waals surface area contributed by atoms with Gasteiger partial charge in [-0.25, -0.2) is 4.79 Å². The van der Waals surface area contributed by atoms with Crippen molar-refractivity contribution in [2.75, 3.05) is 13.1 Å². The second kappa shape index (κ2) is 6.95. The van der Waals surface area contributed by atoms with Gasteiger partial charge in [0.1, 0.15) is 12.1 Å². The number of carbonyl (C=O) groups is 3. The molecule has 2 atom stereocenters. The van der Waals surface area contributed by atoms with Crippen LogP contribution in [0.4, 0.5) is 0 Å². The van der Waals surface area contributed by atoms with Crippen LogP contribution in [-0.4, -0.2) is 48.1 Å². The van der Waals surface area contributed by atoms with Gasteiger partial charge >= 0.3 is 5.97 Å². The van der Waals surface area contributed by atoms with Crippen molar-refractivity contribution in [3.05, 3.63) is 0 Å². The first kappa shape index (κ1) is 14.4. The van der Waals surface area contributed by atoms with Gasteiger partial charge in [0.05, 0.1) is 6.54 Å². The van der Waals surface area contributed by atoms with E-state index in [2.05, 4.69) is 16.0 Å². The van der Waals surface area contributed by atoms with Crippen LogP contribution in [0.3, 0.4) is 0 Å². The Morgan fingerprint density at radius 1 is 1.56 bits per heavy atom. The fraction of sp³-hybridized carbons (Fsp3) is 0.727. The van der Waals surface area contributed by atoms with Crippen LogP contribution in [0.5, 0.6) is 0 Å². The number of aliphatic carboxylic acids is 1. The van der Waals surface area contributed by atoms with Crippen LogP contribution < -0.4 is 16.0 Å². The molecule has 0 aromatic carbocycles. The van der Waals surface area contributed by atoms with Gasteiger partial charge in [0.25, 0.3) is 0 Å². The largest absolute Gasteiger partial charge is 0.480 e. The molecule has 0 saturated carbocycles. The Morgan fingerprint density at radius 2 is 2.28 bits per heavy atom. The molecule has 0 radical (unpaired) electrons. The van der Waals surface area contributed by atoms with Crippen LogP contribution in [0.2, 0.25) is 0 Å². The van der Waals surface area contributed by atoms with Gasteiger partial charge in [-0.3, -0.25) is 14.9 Å². The molecule has 1 fully saturated rings. The maximum absolute atomic E-state index is 11.8. The van der Waals surface area contributed by atoms with E-state index in [-0.39, 0.29) is 19.0 Å². The smallest absolute Gasteiger partial charge is 0.326 e. The first-order valence-corrected chi connectivity index (χ1v) is 6.07. The molecule has 1 heterocycles. The molecule has 102 valence electrons. The molecule has 0 spiro atoms. The van der Waals surface area contributed by atoms with Crippen molar-refractivity contribution in [1.82, 2.24) is 16.0 Å². The molecule has 0 aromatic rings. The number of unbranched alkanes of at least 4 members (excludes halogenated alkanes) is 1. The lowest BCUT2D eigenvalue weighted by Gasteiger charge is -2.24. The average Bonchev–Trinajstić information content (AvgIpc) is 2.34. The Kier molecular flexibility index (Phi) is 5.57. The molecule has 0 bridgehead atoms. The highest BCUT2D eigenvalue weighted by atomic mass is 16.4. The third-order valence-corrected chi connectivity index (χ3v) is 2.79. The minimum Gasteiger partial charge on any atom is -0.480 e. The van der Waals surface area contributed by atoms with E-state index in [0.29, 0.717) is 6.42 Å². The predicted octanol–water partition coefficient (Wildman–Crippen LogP) is -1.17. The molecular weight excluding hydrogens is 238 g/mol. The summed E-state index contributed by atoms with van der Waals surface area (Å²) in [6.45, 7) is 2.22. The first-order chi connectivity index (χ1) is 8.54. The van der Waals surface area contributed by atoms with Gasteiger partial charge in [-0.2, -0.15) is 0 Å². The number of rotatable bonds is 6. The normalized spacial score (nSPS) is 20.9. The van der Waals surface area contributed by atoms with Crippen LogP contribution in [0, 0.1) is 0 Å². The molecule has 0 aromatic heterocycles. The zero-order valence-electron chi connectivity index (χ0n) is 10.4. The molecule has 1 aliphatic rings. The summed E-state index contributed by atoms with van der Waals surface area (Å²) in [6.07, 6.45) is 2.03. The minimum absolute atomic E-state index is 0.0742. The highest BCUT2D eigenvalue weighted by Gasteiger charge is 2.27. The van der Waals surface area contributed by atoms with Gasteiger partial charge in [-0.15, -0.1) is 0 Å². The molecule has 7 nitrogen and oxygen atoms in total. The van der Waals surface area contributed by atoms with Crippen LogP contribution in [0.1, 0.15) is 26.2 Å².